The van der Waals surface area contributed by atoms with Crippen molar-refractivity contribution in [3.8, 4) is 0 Å². The largest absolute Gasteiger partial charge is 0.338 e. The van der Waals surface area contributed by atoms with Gasteiger partial charge in [0, 0.05) is 18.3 Å². The molecule has 0 N–H and O–H groups in total. The normalized spacial score (nSPS) is 25.3. The van der Waals surface area contributed by atoms with Crippen molar-refractivity contribution >= 4 is 43.6 Å². The highest BCUT2D eigenvalue weighted by atomic mass is 32.2. The number of sulfone groups is 1. The molecule has 1 amide bonds. The molecular formula is C11H18N2O3S3. The topological polar surface area (TPSA) is 66.8 Å². The molecule has 5 nitrogen and oxygen atoms in total. The van der Waals surface area contributed by atoms with Gasteiger partial charge in [-0.05, 0) is 13.3 Å². The fraction of sp³-hybridized carbons (Fsp3) is 0.818. The van der Waals surface area contributed by atoms with E-state index in [2.05, 4.69) is 4.99 Å². The third-order valence-corrected chi connectivity index (χ3v) is 7.17. The maximum atomic E-state index is 12.2. The molecule has 0 spiro atoms. The summed E-state index contributed by atoms with van der Waals surface area (Å²) in [4.78, 5) is 18.2. The lowest BCUT2D eigenvalue weighted by atomic mass is 10.2. The summed E-state index contributed by atoms with van der Waals surface area (Å²) in [6.07, 6.45) is 0.572. The van der Waals surface area contributed by atoms with Crippen LogP contribution in [0.1, 0.15) is 13.3 Å². The Hall–Kier alpha value is -0.210. The van der Waals surface area contributed by atoms with Crippen LogP contribution in [0.4, 0.5) is 0 Å². The average molecular weight is 322 g/mol. The molecule has 2 aliphatic rings. The van der Waals surface area contributed by atoms with Crippen LogP contribution in [0.2, 0.25) is 0 Å². The molecule has 0 bridgehead atoms. The number of amides is 1. The number of hydrogen-bond acceptors (Lipinski definition) is 6. The van der Waals surface area contributed by atoms with Gasteiger partial charge in [-0.2, -0.15) is 0 Å². The van der Waals surface area contributed by atoms with Crippen molar-refractivity contribution in [1.82, 2.24) is 4.90 Å². The molecule has 19 heavy (non-hydrogen) atoms. The number of rotatable bonds is 4. The van der Waals surface area contributed by atoms with Crippen LogP contribution in [0.5, 0.6) is 0 Å². The second-order valence-electron chi connectivity index (χ2n) is 4.52. The van der Waals surface area contributed by atoms with Crippen molar-refractivity contribution in [2.24, 2.45) is 4.99 Å². The summed E-state index contributed by atoms with van der Waals surface area (Å²) in [5.41, 5.74) is 0. The molecular weight excluding hydrogens is 304 g/mol. The van der Waals surface area contributed by atoms with Gasteiger partial charge in [0.05, 0.1) is 23.8 Å². The van der Waals surface area contributed by atoms with Crippen molar-refractivity contribution in [2.75, 3.05) is 36.1 Å². The zero-order chi connectivity index (χ0) is 13.9. The van der Waals surface area contributed by atoms with E-state index in [1.165, 1.54) is 11.8 Å². The Morgan fingerprint density at radius 2 is 2.37 bits per heavy atom. The molecule has 0 aliphatic carbocycles. The van der Waals surface area contributed by atoms with Gasteiger partial charge in [0.25, 0.3) is 0 Å². The van der Waals surface area contributed by atoms with Gasteiger partial charge in [-0.15, -0.1) is 0 Å². The maximum absolute atomic E-state index is 12.2. The SMILES string of the molecule is CCN(C(=O)CSC1=NCCS1)[C@@H]1CCS(=O)(=O)C1. The molecule has 0 unspecified atom stereocenters. The third kappa shape index (κ3) is 4.13. The summed E-state index contributed by atoms with van der Waals surface area (Å²) in [5.74, 6) is 1.69. The lowest BCUT2D eigenvalue weighted by Gasteiger charge is -2.26. The summed E-state index contributed by atoms with van der Waals surface area (Å²) in [7, 11) is -2.94. The van der Waals surface area contributed by atoms with Crippen LogP contribution < -0.4 is 0 Å². The summed E-state index contributed by atoms with van der Waals surface area (Å²) in [6, 6.07) is -0.138. The molecule has 2 heterocycles. The lowest BCUT2D eigenvalue weighted by molar-refractivity contribution is -0.129. The highest BCUT2D eigenvalue weighted by Gasteiger charge is 2.33. The average Bonchev–Trinajstić information content (AvgIpc) is 2.97. The lowest BCUT2D eigenvalue weighted by Crippen LogP contribution is -2.42. The number of hydrogen-bond donors (Lipinski definition) is 0. The Bertz CT molecular complexity index is 476. The van der Waals surface area contributed by atoms with Crippen molar-refractivity contribution in [2.45, 2.75) is 19.4 Å². The summed E-state index contributed by atoms with van der Waals surface area (Å²) < 4.78 is 23.9. The van der Waals surface area contributed by atoms with E-state index in [1.807, 2.05) is 6.92 Å². The Morgan fingerprint density at radius 1 is 1.58 bits per heavy atom. The summed E-state index contributed by atoms with van der Waals surface area (Å²) >= 11 is 3.15. The molecule has 0 aromatic rings. The number of carbonyl (C=O) groups is 1. The van der Waals surface area contributed by atoms with Crippen LogP contribution in [0, 0.1) is 0 Å². The van der Waals surface area contributed by atoms with E-state index in [4.69, 9.17) is 0 Å². The van der Waals surface area contributed by atoms with Crippen LogP contribution in [0.25, 0.3) is 0 Å². The van der Waals surface area contributed by atoms with Crippen molar-refractivity contribution in [1.29, 1.82) is 0 Å². The van der Waals surface area contributed by atoms with E-state index in [1.54, 1.807) is 16.7 Å². The predicted molar refractivity (Wildman–Crippen MR) is 81.7 cm³/mol. The molecule has 1 saturated heterocycles. The first-order valence-electron chi connectivity index (χ1n) is 6.32. The first-order chi connectivity index (χ1) is 9.02. The summed E-state index contributed by atoms with van der Waals surface area (Å²) in [5, 5.41) is 0. The van der Waals surface area contributed by atoms with Gasteiger partial charge in [-0.25, -0.2) is 8.42 Å². The van der Waals surface area contributed by atoms with Gasteiger partial charge in [0.2, 0.25) is 5.91 Å². The van der Waals surface area contributed by atoms with E-state index >= 15 is 0 Å². The number of nitrogens with zero attached hydrogens (tertiary/aromatic N) is 2. The minimum absolute atomic E-state index is 0.0183. The monoisotopic (exact) mass is 322 g/mol. The van der Waals surface area contributed by atoms with E-state index < -0.39 is 9.84 Å². The second-order valence-corrected chi connectivity index (χ2v) is 9.06. The van der Waals surface area contributed by atoms with Gasteiger partial charge in [-0.3, -0.25) is 9.79 Å². The van der Waals surface area contributed by atoms with Gasteiger partial charge < -0.3 is 4.90 Å². The summed E-state index contributed by atoms with van der Waals surface area (Å²) in [6.45, 7) is 3.30. The standard InChI is InChI=1S/C11H18N2O3S3/c1-2-13(9-3-6-19(15,16)8-9)10(14)7-18-11-12-4-5-17-11/h9H,2-8H2,1H3/t9-/m1/s1. The maximum Gasteiger partial charge on any atom is 0.233 e. The van der Waals surface area contributed by atoms with Gasteiger partial charge in [0.1, 0.15) is 4.38 Å². The Kier molecular flexibility index (Phi) is 5.19. The quantitative estimate of drug-likeness (QED) is 0.768. The van der Waals surface area contributed by atoms with Gasteiger partial charge in [-0.1, -0.05) is 23.5 Å². The van der Waals surface area contributed by atoms with E-state index in [9.17, 15) is 13.2 Å². The highest BCUT2D eigenvalue weighted by Crippen LogP contribution is 2.23. The molecule has 0 saturated carbocycles. The zero-order valence-electron chi connectivity index (χ0n) is 10.9. The Labute approximate surface area is 122 Å². The van der Waals surface area contributed by atoms with Crippen LogP contribution in [-0.4, -0.2) is 65.7 Å². The van der Waals surface area contributed by atoms with Crippen LogP contribution in [0.3, 0.4) is 0 Å². The first-order valence-corrected chi connectivity index (χ1v) is 10.1. The van der Waals surface area contributed by atoms with E-state index in [0.29, 0.717) is 18.7 Å². The molecule has 0 aromatic carbocycles. The molecule has 1 atom stereocenters. The second kappa shape index (κ2) is 6.49. The smallest absolute Gasteiger partial charge is 0.233 e. The van der Waals surface area contributed by atoms with Gasteiger partial charge >= 0.3 is 0 Å². The molecule has 2 aliphatic heterocycles. The van der Waals surface area contributed by atoms with Crippen LogP contribution in [0.15, 0.2) is 4.99 Å². The van der Waals surface area contributed by atoms with Crippen molar-refractivity contribution in [3.05, 3.63) is 0 Å². The highest BCUT2D eigenvalue weighted by molar-refractivity contribution is 8.39. The molecule has 1 fully saturated rings. The zero-order valence-corrected chi connectivity index (χ0v) is 13.3. The fourth-order valence-corrected chi connectivity index (χ4v) is 5.89. The van der Waals surface area contributed by atoms with Crippen molar-refractivity contribution in [3.63, 3.8) is 0 Å². The molecule has 0 radical (unpaired) electrons. The van der Waals surface area contributed by atoms with Crippen molar-refractivity contribution < 1.29 is 13.2 Å². The first kappa shape index (κ1) is 15.2. The number of carbonyl (C=O) groups excluding carboxylic acids is 1. The van der Waals surface area contributed by atoms with E-state index in [-0.39, 0.29) is 23.5 Å². The van der Waals surface area contributed by atoms with Gasteiger partial charge in [0.15, 0.2) is 9.84 Å². The number of thioether (sulfide) groups is 2. The fourth-order valence-electron chi connectivity index (χ4n) is 2.27. The van der Waals surface area contributed by atoms with Crippen LogP contribution >= 0.6 is 23.5 Å². The Balaban J connectivity index is 1.88. The molecule has 108 valence electrons. The third-order valence-electron chi connectivity index (χ3n) is 3.19. The minimum atomic E-state index is -2.94. The number of aliphatic imine (C=N–C) groups is 1. The minimum Gasteiger partial charge on any atom is -0.338 e. The molecule has 0 aromatic heterocycles. The van der Waals surface area contributed by atoms with Crippen LogP contribution in [-0.2, 0) is 14.6 Å². The Morgan fingerprint density at radius 3 is 2.89 bits per heavy atom. The predicted octanol–water partition coefficient (Wildman–Crippen LogP) is 0.858. The molecule has 2 rings (SSSR count). The van der Waals surface area contributed by atoms with E-state index in [0.717, 1.165) is 16.7 Å². The molecule has 8 heteroatoms.